The summed E-state index contributed by atoms with van der Waals surface area (Å²) in [6.07, 6.45) is -4.63. The number of alkyl halides is 3. The third kappa shape index (κ3) is 4.58. The Kier molecular flexibility index (Phi) is 6.39. The molecular formula is C19H21F3N4O5. The zero-order chi connectivity index (χ0) is 22.8. The van der Waals surface area contributed by atoms with Crippen molar-refractivity contribution in [3.63, 3.8) is 0 Å². The Hall–Kier alpha value is -3.28. The molecule has 0 atom stereocenters. The first-order chi connectivity index (χ1) is 14.7. The first kappa shape index (κ1) is 22.4. The molecule has 1 aromatic carbocycles. The monoisotopic (exact) mass is 442 g/mol. The minimum absolute atomic E-state index is 0.0118. The van der Waals surface area contributed by atoms with Crippen LogP contribution in [0.1, 0.15) is 20.3 Å². The van der Waals surface area contributed by atoms with Crippen LogP contribution in [0, 0.1) is 0 Å². The van der Waals surface area contributed by atoms with Gasteiger partial charge in [-0.1, -0.05) is 6.07 Å². The number of fused-ring (bicyclic) bond motifs is 1. The highest BCUT2D eigenvalue weighted by molar-refractivity contribution is 5.72. The van der Waals surface area contributed by atoms with Crippen LogP contribution in [-0.2, 0) is 19.6 Å². The van der Waals surface area contributed by atoms with Crippen LogP contribution in [-0.4, -0.2) is 36.8 Å². The molecule has 0 aliphatic rings. The Labute approximate surface area is 173 Å². The van der Waals surface area contributed by atoms with Crippen LogP contribution in [0.3, 0.4) is 0 Å². The fraction of sp³-hybridized carbons (Fsp3) is 0.421. The molecule has 0 amide bonds. The average Bonchev–Trinajstić information content (AvgIpc) is 3.05. The third-order valence-corrected chi connectivity index (χ3v) is 4.50. The molecule has 0 spiro atoms. The molecule has 9 nitrogen and oxygen atoms in total. The Morgan fingerprint density at radius 2 is 1.74 bits per heavy atom. The number of hydrogen-bond acceptors (Lipinski definition) is 6. The first-order valence-electron chi connectivity index (χ1n) is 9.58. The van der Waals surface area contributed by atoms with Gasteiger partial charge in [-0.25, -0.2) is 4.79 Å². The molecule has 0 unspecified atom stereocenters. The van der Waals surface area contributed by atoms with Gasteiger partial charge in [-0.15, -0.1) is 13.2 Å². The Balaban J connectivity index is 2.13. The Morgan fingerprint density at radius 1 is 1.06 bits per heavy atom. The van der Waals surface area contributed by atoms with Crippen LogP contribution in [0.15, 0.2) is 33.9 Å². The molecule has 0 saturated heterocycles. The quantitative estimate of drug-likeness (QED) is 0.575. The number of aromatic nitrogens is 4. The van der Waals surface area contributed by atoms with Gasteiger partial charge in [-0.3, -0.25) is 18.5 Å². The minimum atomic E-state index is -4.86. The molecule has 2 heterocycles. The van der Waals surface area contributed by atoms with Crippen molar-refractivity contribution in [2.24, 2.45) is 0 Å². The van der Waals surface area contributed by atoms with E-state index >= 15 is 0 Å². The predicted octanol–water partition coefficient (Wildman–Crippen LogP) is 2.47. The normalized spacial score (nSPS) is 11.8. The van der Waals surface area contributed by atoms with E-state index in [1.807, 2.05) is 0 Å². The number of rotatable bonds is 8. The Morgan fingerprint density at radius 3 is 2.35 bits per heavy atom. The standard InChI is InChI=1S/C19H21F3N4O5/c1-3-24-14-15(25(4-2)18(29)26(16(14)28)9-6-10-27)23-17(24)30-12-7-5-8-13(11-12)31-19(20,21)22/h5,7-8,11,27H,3-4,6,9-10H2,1-2H3. The van der Waals surface area contributed by atoms with E-state index in [1.54, 1.807) is 13.8 Å². The molecule has 1 N–H and O–H groups in total. The van der Waals surface area contributed by atoms with Gasteiger partial charge in [0.25, 0.3) is 5.56 Å². The second kappa shape index (κ2) is 8.84. The van der Waals surface area contributed by atoms with Gasteiger partial charge in [0.05, 0.1) is 0 Å². The number of aliphatic hydroxyl groups is 1. The second-order valence-electron chi connectivity index (χ2n) is 6.50. The number of ether oxygens (including phenoxy) is 2. The van der Waals surface area contributed by atoms with E-state index < -0.39 is 23.4 Å². The number of imidazole rings is 1. The van der Waals surface area contributed by atoms with E-state index in [4.69, 9.17) is 9.84 Å². The predicted molar refractivity (Wildman–Crippen MR) is 105 cm³/mol. The topological polar surface area (TPSA) is 101 Å². The summed E-state index contributed by atoms with van der Waals surface area (Å²) in [5.74, 6) is -0.459. The van der Waals surface area contributed by atoms with Crippen LogP contribution >= 0.6 is 0 Å². The van der Waals surface area contributed by atoms with E-state index in [-0.39, 0.29) is 55.6 Å². The highest BCUT2D eigenvalue weighted by Crippen LogP contribution is 2.29. The largest absolute Gasteiger partial charge is 0.573 e. The molecule has 31 heavy (non-hydrogen) atoms. The third-order valence-electron chi connectivity index (χ3n) is 4.50. The van der Waals surface area contributed by atoms with Crippen LogP contribution in [0.2, 0.25) is 0 Å². The van der Waals surface area contributed by atoms with Gasteiger partial charge >= 0.3 is 18.1 Å². The number of aliphatic hydroxyl groups excluding tert-OH is 1. The fourth-order valence-electron chi connectivity index (χ4n) is 3.19. The molecule has 0 radical (unpaired) electrons. The maximum atomic E-state index is 13.0. The lowest BCUT2D eigenvalue weighted by Crippen LogP contribution is -2.40. The number of nitrogens with zero attached hydrogens (tertiary/aromatic N) is 4. The summed E-state index contributed by atoms with van der Waals surface area (Å²) in [5.41, 5.74) is -0.922. The summed E-state index contributed by atoms with van der Waals surface area (Å²) in [6, 6.07) is 4.84. The van der Waals surface area contributed by atoms with E-state index in [2.05, 4.69) is 9.72 Å². The average molecular weight is 442 g/mol. The highest BCUT2D eigenvalue weighted by Gasteiger charge is 2.31. The molecule has 3 aromatic rings. The molecular weight excluding hydrogens is 421 g/mol. The molecule has 12 heteroatoms. The molecule has 2 aromatic heterocycles. The summed E-state index contributed by atoms with van der Waals surface area (Å²) in [7, 11) is 0. The Bertz CT molecular complexity index is 1200. The maximum absolute atomic E-state index is 13.0. The summed E-state index contributed by atoms with van der Waals surface area (Å²) >= 11 is 0. The van der Waals surface area contributed by atoms with Crippen molar-refractivity contribution in [1.82, 2.24) is 18.7 Å². The number of halogens is 3. The summed E-state index contributed by atoms with van der Waals surface area (Å²) in [4.78, 5) is 30.0. The highest BCUT2D eigenvalue weighted by atomic mass is 19.4. The van der Waals surface area contributed by atoms with Gasteiger partial charge in [0.1, 0.15) is 11.5 Å². The molecule has 0 saturated carbocycles. The lowest BCUT2D eigenvalue weighted by molar-refractivity contribution is -0.274. The van der Waals surface area contributed by atoms with Crippen molar-refractivity contribution in [1.29, 1.82) is 0 Å². The fourth-order valence-corrected chi connectivity index (χ4v) is 3.19. The van der Waals surface area contributed by atoms with Crippen molar-refractivity contribution < 1.29 is 27.8 Å². The maximum Gasteiger partial charge on any atom is 0.573 e. The van der Waals surface area contributed by atoms with E-state index in [0.29, 0.717) is 0 Å². The van der Waals surface area contributed by atoms with Gasteiger partial charge in [0, 0.05) is 32.3 Å². The van der Waals surface area contributed by atoms with Crippen molar-refractivity contribution in [3.8, 4) is 17.5 Å². The molecule has 0 aliphatic heterocycles. The summed E-state index contributed by atoms with van der Waals surface area (Å²) in [6.45, 7) is 3.77. The van der Waals surface area contributed by atoms with E-state index in [0.717, 1.165) is 16.7 Å². The van der Waals surface area contributed by atoms with Crippen molar-refractivity contribution in [2.75, 3.05) is 6.61 Å². The second-order valence-corrected chi connectivity index (χ2v) is 6.50. The molecule has 168 valence electrons. The SMILES string of the molecule is CCn1c(Oc2cccc(OC(F)(F)F)c2)nc2c1c(=O)n(CCCO)c(=O)n2CC. The van der Waals surface area contributed by atoms with Gasteiger partial charge in [0.2, 0.25) is 0 Å². The van der Waals surface area contributed by atoms with Crippen LogP contribution in [0.25, 0.3) is 11.2 Å². The van der Waals surface area contributed by atoms with Crippen LogP contribution < -0.4 is 20.7 Å². The lowest BCUT2D eigenvalue weighted by Gasteiger charge is -2.11. The van der Waals surface area contributed by atoms with Gasteiger partial charge in [-0.05, 0) is 32.4 Å². The van der Waals surface area contributed by atoms with Gasteiger partial charge in [-0.2, -0.15) is 4.98 Å². The number of benzene rings is 1. The number of aryl methyl sites for hydroxylation is 2. The summed E-state index contributed by atoms with van der Waals surface area (Å²) in [5, 5.41) is 9.07. The van der Waals surface area contributed by atoms with Crippen LogP contribution in [0.5, 0.6) is 17.5 Å². The van der Waals surface area contributed by atoms with E-state index in [1.165, 1.54) is 21.3 Å². The molecule has 0 aliphatic carbocycles. The van der Waals surface area contributed by atoms with Crippen molar-refractivity contribution >= 4 is 11.2 Å². The summed E-state index contributed by atoms with van der Waals surface area (Å²) < 4.78 is 50.8. The van der Waals surface area contributed by atoms with Crippen LogP contribution in [0.4, 0.5) is 13.2 Å². The van der Waals surface area contributed by atoms with Crippen molar-refractivity contribution in [3.05, 3.63) is 45.1 Å². The van der Waals surface area contributed by atoms with Gasteiger partial charge < -0.3 is 14.6 Å². The smallest absolute Gasteiger partial charge is 0.425 e. The van der Waals surface area contributed by atoms with E-state index in [9.17, 15) is 22.8 Å². The zero-order valence-corrected chi connectivity index (χ0v) is 16.8. The first-order valence-corrected chi connectivity index (χ1v) is 9.58. The molecule has 3 rings (SSSR count). The zero-order valence-electron chi connectivity index (χ0n) is 16.8. The lowest BCUT2D eigenvalue weighted by atomic mass is 10.3. The van der Waals surface area contributed by atoms with Gasteiger partial charge in [0.15, 0.2) is 11.2 Å². The van der Waals surface area contributed by atoms with Crippen molar-refractivity contribution in [2.45, 2.75) is 46.3 Å². The number of hydrogen-bond donors (Lipinski definition) is 1. The minimum Gasteiger partial charge on any atom is -0.425 e. The molecule has 0 fully saturated rings. The molecule has 0 bridgehead atoms.